The van der Waals surface area contributed by atoms with Gasteiger partial charge < -0.3 is 0 Å². The van der Waals surface area contributed by atoms with Crippen LogP contribution in [0.2, 0.25) is 0 Å². The minimum absolute atomic E-state index is 0.307. The lowest BCUT2D eigenvalue weighted by Crippen LogP contribution is -2.42. The number of pyridine rings is 2. The Bertz CT molecular complexity index is 2740. The summed E-state index contributed by atoms with van der Waals surface area (Å²) in [5.74, 6) is 4.10. The molecule has 10 rings (SSSR count). The van der Waals surface area contributed by atoms with Gasteiger partial charge in [-0.15, -0.1) is 11.3 Å². The number of nitriles is 1. The number of hydrogen-bond acceptors (Lipinski definition) is 7. The van der Waals surface area contributed by atoms with E-state index in [0.717, 1.165) is 65.5 Å². The van der Waals surface area contributed by atoms with Crippen molar-refractivity contribution in [2.24, 2.45) is 17.8 Å². The minimum Gasteiger partial charge on any atom is -0.264 e. The Hall–Kier alpha value is -5.84. The van der Waals surface area contributed by atoms with Gasteiger partial charge in [-0.1, -0.05) is 68.4 Å². The highest BCUT2D eigenvalue weighted by Gasteiger charge is 2.45. The SMILES string of the molecule is C[C@@H]1CC2C[C@H](C)CC(c3ccc(-c4ccc(-c5nc(-c6ccc(C#N)cc6)nc(-c6cnc7c(c6)sc6ccncc67)n5)c5ccccc45)cc3)(C2)C1. The second-order valence-electron chi connectivity index (χ2n) is 15.8. The molecule has 6 nitrogen and oxygen atoms in total. The summed E-state index contributed by atoms with van der Waals surface area (Å²) in [6, 6.07) is 36.2. The molecular weight excluding hydrogens is 681 g/mol. The van der Waals surface area contributed by atoms with Gasteiger partial charge in [-0.2, -0.15) is 5.26 Å². The van der Waals surface area contributed by atoms with Gasteiger partial charge in [-0.25, -0.2) is 15.0 Å². The number of thiophene rings is 1. The van der Waals surface area contributed by atoms with Crippen molar-refractivity contribution in [3.63, 3.8) is 0 Å². The van der Waals surface area contributed by atoms with Crippen LogP contribution in [0, 0.1) is 29.1 Å². The monoisotopic (exact) mass is 718 g/mol. The van der Waals surface area contributed by atoms with E-state index in [1.165, 1.54) is 48.8 Å². The molecule has 2 fully saturated rings. The molecular formula is C47H38N6S. The predicted molar refractivity (Wildman–Crippen MR) is 219 cm³/mol. The van der Waals surface area contributed by atoms with E-state index >= 15 is 0 Å². The first-order chi connectivity index (χ1) is 26.4. The Balaban J connectivity index is 1.08. The van der Waals surface area contributed by atoms with E-state index < -0.39 is 0 Å². The minimum atomic E-state index is 0.307. The van der Waals surface area contributed by atoms with E-state index in [1.807, 2.05) is 36.8 Å². The summed E-state index contributed by atoms with van der Waals surface area (Å²) in [5.41, 5.74) is 8.31. The van der Waals surface area contributed by atoms with E-state index in [0.29, 0.717) is 28.5 Å². The molecule has 0 radical (unpaired) electrons. The standard InChI is InChI=1S/C47H38N6S/c1-28-19-31-20-29(2)23-47(22-28,24-31)35-13-11-32(12-14-35)36-15-16-39(38-6-4-3-5-37(36)38)46-52-44(33-9-7-30(25-48)8-10-33)51-45(53-46)34-21-42-43(50-26-34)40-27-49-18-17-41(40)54-42/h3-18,21,26-29,31H,19-20,22-24H2,1-2H3/t28-,29+,31?,47?. The summed E-state index contributed by atoms with van der Waals surface area (Å²) in [6.45, 7) is 4.92. The molecule has 0 N–H and O–H groups in total. The first-order valence-corrected chi connectivity index (χ1v) is 19.8. The van der Waals surface area contributed by atoms with Crippen molar-refractivity contribution in [3.8, 4) is 51.4 Å². The lowest BCUT2D eigenvalue weighted by atomic mass is 9.54. The molecule has 4 aromatic heterocycles. The van der Waals surface area contributed by atoms with Crippen LogP contribution < -0.4 is 0 Å². The van der Waals surface area contributed by atoms with Crippen molar-refractivity contribution in [1.29, 1.82) is 5.26 Å². The van der Waals surface area contributed by atoms with Crippen LogP contribution in [0.25, 0.3) is 76.4 Å². The highest BCUT2D eigenvalue weighted by molar-refractivity contribution is 7.25. The summed E-state index contributed by atoms with van der Waals surface area (Å²) in [4.78, 5) is 24.4. The van der Waals surface area contributed by atoms with Gasteiger partial charge in [-0.05, 0) is 125 Å². The lowest BCUT2D eigenvalue weighted by Gasteiger charge is -2.50. The Kier molecular flexibility index (Phi) is 7.85. The Morgan fingerprint density at radius 2 is 1.31 bits per heavy atom. The quantitative estimate of drug-likeness (QED) is 0.176. The molecule has 4 heterocycles. The maximum absolute atomic E-state index is 9.45. The molecule has 0 spiro atoms. The molecule has 262 valence electrons. The first-order valence-electron chi connectivity index (χ1n) is 19.0. The highest BCUT2D eigenvalue weighted by Crippen LogP contribution is 2.54. The molecule has 7 heteroatoms. The van der Waals surface area contributed by atoms with Crippen molar-refractivity contribution in [1.82, 2.24) is 24.9 Å². The van der Waals surface area contributed by atoms with Gasteiger partial charge in [0.15, 0.2) is 17.5 Å². The summed E-state index contributed by atoms with van der Waals surface area (Å²) in [6.07, 6.45) is 12.2. The van der Waals surface area contributed by atoms with Gasteiger partial charge in [0.25, 0.3) is 0 Å². The van der Waals surface area contributed by atoms with E-state index in [1.54, 1.807) is 23.5 Å². The first kappa shape index (κ1) is 32.8. The fraction of sp³-hybridized carbons (Fsp3) is 0.234. The Morgan fingerprint density at radius 3 is 2.06 bits per heavy atom. The second kappa shape index (κ2) is 12.9. The summed E-state index contributed by atoms with van der Waals surface area (Å²) < 4.78 is 2.19. The Morgan fingerprint density at radius 1 is 0.648 bits per heavy atom. The number of nitrogens with zero attached hydrogens (tertiary/aromatic N) is 6. The number of benzene rings is 4. The normalized spacial score (nSPS) is 21.0. The van der Waals surface area contributed by atoms with Crippen molar-refractivity contribution < 1.29 is 0 Å². The average molecular weight is 719 g/mol. The molecule has 8 aromatic rings. The smallest absolute Gasteiger partial charge is 0.165 e. The van der Waals surface area contributed by atoms with Crippen molar-refractivity contribution in [3.05, 3.63) is 127 Å². The van der Waals surface area contributed by atoms with Crippen LogP contribution in [0.3, 0.4) is 0 Å². The van der Waals surface area contributed by atoms with Gasteiger partial charge in [0.05, 0.1) is 21.8 Å². The molecule has 0 aliphatic heterocycles. The van der Waals surface area contributed by atoms with Crippen LogP contribution in [0.15, 0.2) is 116 Å². The number of fused-ring (bicyclic) bond motifs is 6. The van der Waals surface area contributed by atoms with Crippen molar-refractivity contribution in [2.45, 2.75) is 51.4 Å². The predicted octanol–water partition coefficient (Wildman–Crippen LogP) is 11.8. The third-order valence-electron chi connectivity index (χ3n) is 11.9. The zero-order valence-electron chi connectivity index (χ0n) is 30.3. The number of rotatable bonds is 5. The topological polar surface area (TPSA) is 88.2 Å². The molecule has 0 amide bonds. The van der Waals surface area contributed by atoms with Gasteiger partial charge >= 0.3 is 0 Å². The lowest BCUT2D eigenvalue weighted by molar-refractivity contribution is 0.0780. The highest BCUT2D eigenvalue weighted by atomic mass is 32.1. The van der Waals surface area contributed by atoms with Crippen LogP contribution in [-0.2, 0) is 5.41 Å². The fourth-order valence-corrected chi connectivity index (χ4v) is 10.9. The van der Waals surface area contributed by atoms with Crippen LogP contribution >= 0.6 is 11.3 Å². The van der Waals surface area contributed by atoms with Gasteiger partial charge in [0.2, 0.25) is 0 Å². The zero-order chi connectivity index (χ0) is 36.4. The molecule has 2 aliphatic carbocycles. The molecule has 4 atom stereocenters. The second-order valence-corrected chi connectivity index (χ2v) is 16.8. The summed E-state index contributed by atoms with van der Waals surface area (Å²) >= 11 is 1.69. The zero-order valence-corrected chi connectivity index (χ0v) is 31.1. The maximum atomic E-state index is 9.45. The van der Waals surface area contributed by atoms with Crippen LogP contribution in [-0.4, -0.2) is 24.9 Å². The number of hydrogen-bond donors (Lipinski definition) is 0. The molecule has 0 saturated heterocycles. The van der Waals surface area contributed by atoms with E-state index in [-0.39, 0.29) is 0 Å². The largest absolute Gasteiger partial charge is 0.264 e. The molecule has 2 aliphatic rings. The summed E-state index contributed by atoms with van der Waals surface area (Å²) in [5, 5.41) is 12.7. The molecule has 2 bridgehead atoms. The van der Waals surface area contributed by atoms with Gasteiger partial charge in [0.1, 0.15) is 0 Å². The van der Waals surface area contributed by atoms with Crippen LogP contribution in [0.4, 0.5) is 0 Å². The molecule has 4 aromatic carbocycles. The molecule has 54 heavy (non-hydrogen) atoms. The van der Waals surface area contributed by atoms with Crippen molar-refractivity contribution >= 4 is 42.4 Å². The van der Waals surface area contributed by atoms with Crippen LogP contribution in [0.5, 0.6) is 0 Å². The maximum Gasteiger partial charge on any atom is 0.165 e. The van der Waals surface area contributed by atoms with E-state index in [2.05, 4.69) is 91.6 Å². The summed E-state index contributed by atoms with van der Waals surface area (Å²) in [7, 11) is 0. The molecule has 2 saturated carbocycles. The van der Waals surface area contributed by atoms with Crippen LogP contribution in [0.1, 0.15) is 57.1 Å². The van der Waals surface area contributed by atoms with Gasteiger partial charge in [0, 0.05) is 45.4 Å². The van der Waals surface area contributed by atoms with E-state index in [9.17, 15) is 5.26 Å². The third kappa shape index (κ3) is 5.64. The number of aromatic nitrogens is 5. The average Bonchev–Trinajstić information content (AvgIpc) is 3.58. The van der Waals surface area contributed by atoms with Gasteiger partial charge in [-0.3, -0.25) is 9.97 Å². The molecule has 2 unspecified atom stereocenters. The van der Waals surface area contributed by atoms with E-state index in [4.69, 9.17) is 19.9 Å². The fourth-order valence-electron chi connectivity index (χ4n) is 9.87. The Labute approximate surface area is 318 Å². The third-order valence-corrected chi connectivity index (χ3v) is 13.0. The van der Waals surface area contributed by atoms with Crippen molar-refractivity contribution in [2.75, 3.05) is 0 Å².